The van der Waals surface area contributed by atoms with E-state index in [2.05, 4.69) is 4.90 Å². The third kappa shape index (κ3) is 5.53. The molecular weight excluding hydrogens is 398 g/mol. The maximum absolute atomic E-state index is 12.8. The summed E-state index contributed by atoms with van der Waals surface area (Å²) in [5.41, 5.74) is 0.338. The van der Waals surface area contributed by atoms with Gasteiger partial charge >= 0.3 is 0 Å². The van der Waals surface area contributed by atoms with Crippen molar-refractivity contribution in [2.24, 2.45) is 0 Å². The van der Waals surface area contributed by atoms with Crippen LogP contribution in [0.3, 0.4) is 0 Å². The number of hydrogen-bond donors (Lipinski definition) is 0. The number of carbonyl (C=O) groups excluding carboxylic acids is 1. The van der Waals surface area contributed by atoms with Crippen LogP contribution in [0.4, 0.5) is 0 Å². The Kier molecular flexibility index (Phi) is 7.60. The third-order valence-electron chi connectivity index (χ3n) is 5.27. The van der Waals surface area contributed by atoms with Crippen LogP contribution in [-0.2, 0) is 24.3 Å². The number of carbonyl (C=O) groups is 1. The second-order valence-corrected chi connectivity index (χ2v) is 9.05. The Balaban J connectivity index is 1.54. The molecule has 9 nitrogen and oxygen atoms in total. The van der Waals surface area contributed by atoms with Gasteiger partial charge in [-0.05, 0) is 24.6 Å². The summed E-state index contributed by atoms with van der Waals surface area (Å²) >= 11 is 0. The number of nitrogens with zero attached hydrogens (tertiary/aromatic N) is 3. The van der Waals surface area contributed by atoms with E-state index in [4.69, 9.17) is 14.3 Å². The molecule has 0 N–H and O–H groups in total. The number of morpholine rings is 1. The summed E-state index contributed by atoms with van der Waals surface area (Å²) in [7, 11) is -1.22. The van der Waals surface area contributed by atoms with E-state index < -0.39 is 10.0 Å². The molecular formula is C19H29N3O6S. The molecule has 162 valence electrons. The largest absolute Gasteiger partial charge is 0.379 e. The van der Waals surface area contributed by atoms with Crippen molar-refractivity contribution < 1.29 is 27.5 Å². The smallest absolute Gasteiger partial charge is 0.264 e. The average Bonchev–Trinajstić information content (AvgIpc) is 3.22. The first-order chi connectivity index (χ1) is 13.9. The number of hydroxylamine groups is 1. The zero-order chi connectivity index (χ0) is 20.9. The van der Waals surface area contributed by atoms with Gasteiger partial charge in [0.15, 0.2) is 0 Å². The van der Waals surface area contributed by atoms with Gasteiger partial charge in [0.25, 0.3) is 15.9 Å². The Morgan fingerprint density at radius 3 is 2.76 bits per heavy atom. The Morgan fingerprint density at radius 1 is 1.28 bits per heavy atom. The van der Waals surface area contributed by atoms with Crippen LogP contribution in [0.15, 0.2) is 29.2 Å². The first kappa shape index (κ1) is 22.1. The molecule has 2 fully saturated rings. The molecule has 3 rings (SSSR count). The third-order valence-corrected chi connectivity index (χ3v) is 6.95. The highest BCUT2D eigenvalue weighted by Crippen LogP contribution is 2.20. The fourth-order valence-electron chi connectivity index (χ4n) is 3.44. The van der Waals surface area contributed by atoms with Crippen LogP contribution >= 0.6 is 0 Å². The molecule has 2 heterocycles. The molecule has 0 saturated carbocycles. The topological polar surface area (TPSA) is 88.6 Å². The molecule has 2 aliphatic heterocycles. The van der Waals surface area contributed by atoms with Crippen molar-refractivity contribution in [1.29, 1.82) is 0 Å². The van der Waals surface area contributed by atoms with Crippen molar-refractivity contribution >= 4 is 15.9 Å². The lowest BCUT2D eigenvalue weighted by atomic mass is 10.2. The number of sulfonamides is 1. The van der Waals surface area contributed by atoms with Gasteiger partial charge in [-0.25, -0.2) is 8.42 Å². The lowest BCUT2D eigenvalue weighted by molar-refractivity contribution is -0.0258. The Bertz CT molecular complexity index is 797. The Hall–Kier alpha value is -1.56. The van der Waals surface area contributed by atoms with Crippen LogP contribution in [0.2, 0.25) is 0 Å². The zero-order valence-electron chi connectivity index (χ0n) is 17.0. The Morgan fingerprint density at radius 2 is 2.03 bits per heavy atom. The molecule has 1 atom stereocenters. The molecule has 1 amide bonds. The number of amides is 1. The van der Waals surface area contributed by atoms with Gasteiger partial charge in [0.05, 0.1) is 37.9 Å². The molecule has 1 aromatic carbocycles. The van der Waals surface area contributed by atoms with Gasteiger partial charge in [0.1, 0.15) is 0 Å². The van der Waals surface area contributed by atoms with E-state index >= 15 is 0 Å². The maximum Gasteiger partial charge on any atom is 0.264 e. The number of rotatable bonds is 8. The van der Waals surface area contributed by atoms with Crippen molar-refractivity contribution in [2.75, 3.05) is 66.7 Å². The van der Waals surface area contributed by atoms with Gasteiger partial charge in [-0.1, -0.05) is 10.5 Å². The number of hydrogen-bond acceptors (Lipinski definition) is 7. The Labute approximate surface area is 172 Å². The van der Waals surface area contributed by atoms with Gasteiger partial charge in [0.2, 0.25) is 0 Å². The van der Waals surface area contributed by atoms with Crippen LogP contribution in [0.25, 0.3) is 0 Å². The van der Waals surface area contributed by atoms with Crippen molar-refractivity contribution in [3.8, 4) is 0 Å². The molecule has 29 heavy (non-hydrogen) atoms. The number of ether oxygens (including phenoxy) is 2. The van der Waals surface area contributed by atoms with Gasteiger partial charge in [-0.2, -0.15) is 0 Å². The minimum atomic E-state index is -3.80. The fourth-order valence-corrected chi connectivity index (χ4v) is 4.46. The second-order valence-electron chi connectivity index (χ2n) is 7.11. The van der Waals surface area contributed by atoms with Crippen molar-refractivity contribution in [3.05, 3.63) is 29.8 Å². The van der Waals surface area contributed by atoms with Crippen LogP contribution in [0.1, 0.15) is 16.8 Å². The van der Waals surface area contributed by atoms with E-state index in [1.165, 1.54) is 26.3 Å². The van der Waals surface area contributed by atoms with E-state index in [-0.39, 0.29) is 16.9 Å². The predicted octanol–water partition coefficient (Wildman–Crippen LogP) is 0.432. The predicted molar refractivity (Wildman–Crippen MR) is 106 cm³/mol. The van der Waals surface area contributed by atoms with Gasteiger partial charge in [-0.3, -0.25) is 14.5 Å². The van der Waals surface area contributed by atoms with Crippen LogP contribution in [-0.4, -0.2) is 101 Å². The fraction of sp³-hybridized carbons (Fsp3) is 0.632. The lowest BCUT2D eigenvalue weighted by Gasteiger charge is -2.26. The average molecular weight is 428 g/mol. The van der Waals surface area contributed by atoms with E-state index in [1.807, 2.05) is 0 Å². The molecule has 2 aliphatic rings. The molecule has 0 radical (unpaired) electrons. The number of benzene rings is 1. The molecule has 0 aliphatic carbocycles. The highest BCUT2D eigenvalue weighted by molar-refractivity contribution is 7.89. The summed E-state index contributed by atoms with van der Waals surface area (Å²) < 4.78 is 36.9. The summed E-state index contributed by atoms with van der Waals surface area (Å²) in [6.45, 7) is 5.98. The monoisotopic (exact) mass is 427 g/mol. The van der Waals surface area contributed by atoms with Crippen molar-refractivity contribution in [1.82, 2.24) is 14.3 Å². The quantitative estimate of drug-likeness (QED) is 0.556. The summed E-state index contributed by atoms with van der Waals surface area (Å²) in [6, 6.07) is 6.03. The lowest BCUT2D eigenvalue weighted by Crippen LogP contribution is -2.39. The molecule has 10 heteroatoms. The molecule has 0 aromatic heterocycles. The van der Waals surface area contributed by atoms with E-state index in [9.17, 15) is 13.2 Å². The zero-order valence-corrected chi connectivity index (χ0v) is 17.8. The minimum absolute atomic E-state index is 0.00605. The van der Waals surface area contributed by atoms with E-state index in [0.717, 1.165) is 43.7 Å². The van der Waals surface area contributed by atoms with E-state index in [1.54, 1.807) is 17.0 Å². The number of likely N-dealkylation sites (tertiary alicyclic amines) is 1. The molecule has 2 saturated heterocycles. The summed E-state index contributed by atoms with van der Waals surface area (Å²) in [5.74, 6) is -0.193. The van der Waals surface area contributed by atoms with Gasteiger partial charge < -0.3 is 14.4 Å². The van der Waals surface area contributed by atoms with Crippen LogP contribution in [0.5, 0.6) is 0 Å². The van der Waals surface area contributed by atoms with Crippen molar-refractivity contribution in [2.45, 2.75) is 17.4 Å². The summed E-state index contributed by atoms with van der Waals surface area (Å²) in [6.07, 6.45) is 0.783. The molecule has 0 spiro atoms. The van der Waals surface area contributed by atoms with Crippen molar-refractivity contribution in [3.63, 3.8) is 0 Å². The van der Waals surface area contributed by atoms with Crippen LogP contribution in [0, 0.1) is 0 Å². The highest BCUT2D eigenvalue weighted by atomic mass is 32.2. The molecule has 0 bridgehead atoms. The second kappa shape index (κ2) is 9.96. The standard InChI is InChI=1S/C19H29N3O6S/c1-20(26-2)29(24,25)18-5-3-4-16(14-18)19(23)22-7-6-17(15-22)28-13-10-21-8-11-27-12-9-21/h3-5,14,17H,6-13,15H2,1-2H3/t17-/m1/s1. The first-order valence-electron chi connectivity index (χ1n) is 9.76. The van der Waals surface area contributed by atoms with Gasteiger partial charge in [0, 0.05) is 45.3 Å². The van der Waals surface area contributed by atoms with Gasteiger partial charge in [-0.15, -0.1) is 0 Å². The highest BCUT2D eigenvalue weighted by Gasteiger charge is 2.29. The molecule has 0 unspecified atom stereocenters. The molecule has 1 aromatic rings. The first-order valence-corrected chi connectivity index (χ1v) is 11.2. The van der Waals surface area contributed by atoms with Crippen LogP contribution < -0.4 is 0 Å². The summed E-state index contributed by atoms with van der Waals surface area (Å²) in [4.78, 5) is 21.7. The SMILES string of the molecule is CON(C)S(=O)(=O)c1cccc(C(=O)N2CC[C@@H](OCCN3CCOCC3)C2)c1. The van der Waals surface area contributed by atoms with E-state index in [0.29, 0.717) is 25.3 Å². The maximum atomic E-state index is 12.8. The normalized spacial score (nSPS) is 21.1. The summed E-state index contributed by atoms with van der Waals surface area (Å²) in [5, 5.41) is 0. The minimum Gasteiger partial charge on any atom is -0.379 e.